The fraction of sp³-hybridized carbons (Fsp3) is 0.312. The van der Waals surface area contributed by atoms with Gasteiger partial charge in [-0.2, -0.15) is 0 Å². The van der Waals surface area contributed by atoms with Crippen molar-refractivity contribution in [1.82, 2.24) is 0 Å². The van der Waals surface area contributed by atoms with Crippen LogP contribution >= 0.6 is 11.3 Å². The third kappa shape index (κ3) is 3.44. The lowest BCUT2D eigenvalue weighted by Gasteiger charge is -2.24. The monoisotopic (exact) mass is 273 g/mol. The van der Waals surface area contributed by atoms with Crippen LogP contribution in [0.25, 0.3) is 0 Å². The molecule has 0 saturated heterocycles. The average Bonchev–Trinajstić information content (AvgIpc) is 2.91. The topological polar surface area (TPSA) is 29.1 Å². The minimum Gasteiger partial charge on any atom is -0.384 e. The van der Waals surface area contributed by atoms with Crippen LogP contribution in [0.1, 0.15) is 36.0 Å². The lowest BCUT2D eigenvalue weighted by molar-refractivity contribution is 0.101. The predicted molar refractivity (Wildman–Crippen MR) is 82.3 cm³/mol. The zero-order valence-corrected chi connectivity index (χ0v) is 12.4. The van der Waals surface area contributed by atoms with Gasteiger partial charge in [-0.3, -0.25) is 4.79 Å². The Morgan fingerprint density at radius 3 is 2.42 bits per heavy atom. The smallest absolute Gasteiger partial charge is 0.159 e. The highest BCUT2D eigenvalue weighted by atomic mass is 32.1. The van der Waals surface area contributed by atoms with Gasteiger partial charge in [0, 0.05) is 28.1 Å². The third-order valence-electron chi connectivity index (χ3n) is 3.21. The zero-order chi connectivity index (χ0) is 13.9. The summed E-state index contributed by atoms with van der Waals surface area (Å²) >= 11 is 1.79. The van der Waals surface area contributed by atoms with E-state index in [1.54, 1.807) is 18.3 Å². The summed E-state index contributed by atoms with van der Waals surface area (Å²) in [5.74, 6) is 0.102. The lowest BCUT2D eigenvalue weighted by Crippen LogP contribution is -2.26. The van der Waals surface area contributed by atoms with Gasteiger partial charge in [0.2, 0.25) is 0 Å². The van der Waals surface area contributed by atoms with Crippen molar-refractivity contribution < 1.29 is 4.79 Å². The molecule has 1 aromatic heterocycles. The Bertz CT molecular complexity index is 541. The molecule has 0 atom stereocenters. The molecule has 1 heterocycles. The first-order valence-electron chi connectivity index (χ1n) is 6.38. The van der Waals surface area contributed by atoms with E-state index >= 15 is 0 Å². The Kier molecular flexibility index (Phi) is 4.05. The van der Waals surface area contributed by atoms with E-state index in [0.29, 0.717) is 0 Å². The number of hydrogen-bond acceptors (Lipinski definition) is 3. The summed E-state index contributed by atoms with van der Waals surface area (Å²) in [7, 11) is 0. The molecular weight excluding hydrogens is 254 g/mol. The molecule has 3 heteroatoms. The molecule has 0 aliphatic rings. The van der Waals surface area contributed by atoms with Crippen molar-refractivity contribution >= 4 is 22.8 Å². The minimum absolute atomic E-state index is 0.102. The van der Waals surface area contributed by atoms with Gasteiger partial charge in [-0.05, 0) is 42.6 Å². The van der Waals surface area contributed by atoms with E-state index in [2.05, 4.69) is 36.7 Å². The van der Waals surface area contributed by atoms with Gasteiger partial charge in [0.1, 0.15) is 0 Å². The van der Waals surface area contributed by atoms with Gasteiger partial charge in [-0.25, -0.2) is 0 Å². The Morgan fingerprint density at radius 2 is 1.89 bits per heavy atom. The molecule has 2 rings (SSSR count). The van der Waals surface area contributed by atoms with E-state index in [-0.39, 0.29) is 11.2 Å². The van der Waals surface area contributed by atoms with Crippen molar-refractivity contribution in [3.63, 3.8) is 0 Å². The van der Waals surface area contributed by atoms with Crippen molar-refractivity contribution in [2.75, 3.05) is 11.9 Å². The van der Waals surface area contributed by atoms with E-state index in [4.69, 9.17) is 0 Å². The quantitative estimate of drug-likeness (QED) is 0.821. The van der Waals surface area contributed by atoms with Crippen LogP contribution in [0.5, 0.6) is 0 Å². The van der Waals surface area contributed by atoms with E-state index in [0.717, 1.165) is 17.8 Å². The second-order valence-electron chi connectivity index (χ2n) is 5.35. The highest BCUT2D eigenvalue weighted by molar-refractivity contribution is 7.10. The number of hydrogen-bond donors (Lipinski definition) is 1. The Morgan fingerprint density at radius 1 is 1.21 bits per heavy atom. The van der Waals surface area contributed by atoms with Crippen LogP contribution in [0.15, 0.2) is 41.8 Å². The van der Waals surface area contributed by atoms with Gasteiger partial charge < -0.3 is 5.32 Å². The maximum atomic E-state index is 11.2. The molecule has 2 nitrogen and oxygen atoms in total. The summed E-state index contributed by atoms with van der Waals surface area (Å²) in [5.41, 5.74) is 1.91. The number of carbonyl (C=O) groups excluding carboxylic acids is 1. The molecule has 0 bridgehead atoms. The summed E-state index contributed by atoms with van der Waals surface area (Å²) in [5, 5.41) is 5.54. The third-order valence-corrected chi connectivity index (χ3v) is 4.45. The molecule has 0 spiro atoms. The first-order valence-corrected chi connectivity index (χ1v) is 7.26. The van der Waals surface area contributed by atoms with Crippen molar-refractivity contribution in [1.29, 1.82) is 0 Å². The molecule has 100 valence electrons. The van der Waals surface area contributed by atoms with Crippen LogP contribution in [0.3, 0.4) is 0 Å². The number of anilines is 1. The summed E-state index contributed by atoms with van der Waals surface area (Å²) < 4.78 is 0. The Balaban J connectivity index is 2.00. The number of ketones is 1. The largest absolute Gasteiger partial charge is 0.384 e. The van der Waals surface area contributed by atoms with Crippen molar-refractivity contribution in [3.05, 3.63) is 52.2 Å². The van der Waals surface area contributed by atoms with E-state index in [1.165, 1.54) is 4.88 Å². The van der Waals surface area contributed by atoms with Crippen LogP contribution in [0.2, 0.25) is 0 Å². The molecule has 0 fully saturated rings. The van der Waals surface area contributed by atoms with Gasteiger partial charge in [-0.1, -0.05) is 19.9 Å². The molecule has 0 amide bonds. The van der Waals surface area contributed by atoms with Crippen LogP contribution in [0, 0.1) is 0 Å². The number of nitrogens with one attached hydrogen (secondary N) is 1. The van der Waals surface area contributed by atoms with Crippen LogP contribution in [-0.2, 0) is 5.41 Å². The van der Waals surface area contributed by atoms with Gasteiger partial charge in [0.25, 0.3) is 0 Å². The predicted octanol–water partition coefficient (Wildman–Crippen LogP) is 4.34. The molecule has 2 aromatic rings. The minimum atomic E-state index is 0.102. The molecule has 0 aliphatic carbocycles. The average molecular weight is 273 g/mol. The molecule has 1 N–H and O–H groups in total. The first kappa shape index (κ1) is 13.8. The fourth-order valence-corrected chi connectivity index (χ4v) is 2.75. The second-order valence-corrected chi connectivity index (χ2v) is 6.30. The van der Waals surface area contributed by atoms with Gasteiger partial charge in [-0.15, -0.1) is 11.3 Å². The summed E-state index contributed by atoms with van der Waals surface area (Å²) in [6.45, 7) is 6.92. The summed E-state index contributed by atoms with van der Waals surface area (Å²) in [6, 6.07) is 11.9. The van der Waals surface area contributed by atoms with Crippen molar-refractivity contribution in [2.24, 2.45) is 0 Å². The van der Waals surface area contributed by atoms with Gasteiger partial charge in [0.05, 0.1) is 0 Å². The maximum Gasteiger partial charge on any atom is 0.159 e. The number of Topliss-reactive ketones (excluding diaryl/α,β-unsaturated/α-hetero) is 1. The van der Waals surface area contributed by atoms with Gasteiger partial charge in [0.15, 0.2) is 5.78 Å². The first-order chi connectivity index (χ1) is 8.99. The second kappa shape index (κ2) is 5.57. The highest BCUT2D eigenvalue weighted by Gasteiger charge is 2.21. The van der Waals surface area contributed by atoms with Gasteiger partial charge >= 0.3 is 0 Å². The molecular formula is C16H19NOS. The molecule has 19 heavy (non-hydrogen) atoms. The highest BCUT2D eigenvalue weighted by Crippen LogP contribution is 2.27. The summed E-state index contributed by atoms with van der Waals surface area (Å²) in [4.78, 5) is 12.6. The number of benzene rings is 1. The molecule has 0 unspecified atom stereocenters. The molecule has 0 radical (unpaired) electrons. The van der Waals surface area contributed by atoms with Crippen LogP contribution in [-0.4, -0.2) is 12.3 Å². The van der Waals surface area contributed by atoms with Crippen molar-refractivity contribution in [2.45, 2.75) is 26.2 Å². The number of thiophene rings is 1. The Labute approximate surface area is 118 Å². The molecule has 0 saturated carbocycles. The zero-order valence-electron chi connectivity index (χ0n) is 11.6. The Hall–Kier alpha value is -1.61. The normalized spacial score (nSPS) is 11.3. The van der Waals surface area contributed by atoms with E-state index in [1.807, 2.05) is 24.3 Å². The SMILES string of the molecule is CC(=O)c1ccc(NCC(C)(C)c2cccs2)cc1. The van der Waals surface area contributed by atoms with E-state index < -0.39 is 0 Å². The van der Waals surface area contributed by atoms with Crippen LogP contribution < -0.4 is 5.32 Å². The molecule has 0 aliphatic heterocycles. The van der Waals surface area contributed by atoms with Crippen LogP contribution in [0.4, 0.5) is 5.69 Å². The number of rotatable bonds is 5. The lowest BCUT2D eigenvalue weighted by atomic mass is 9.91. The van der Waals surface area contributed by atoms with E-state index in [9.17, 15) is 4.79 Å². The standard InChI is InChI=1S/C16H19NOS/c1-12(18)13-6-8-14(9-7-13)17-11-16(2,3)15-5-4-10-19-15/h4-10,17H,11H2,1-3H3. The summed E-state index contributed by atoms with van der Waals surface area (Å²) in [6.07, 6.45) is 0. The fourth-order valence-electron chi connectivity index (χ4n) is 1.90. The maximum absolute atomic E-state index is 11.2. The number of carbonyl (C=O) groups is 1. The van der Waals surface area contributed by atoms with Crippen molar-refractivity contribution in [3.8, 4) is 0 Å². The molecule has 1 aromatic carbocycles.